The van der Waals surface area contributed by atoms with E-state index in [2.05, 4.69) is 93.7 Å². The molecule has 17 heterocycles. The third-order valence-electron chi connectivity index (χ3n) is 22.7. The summed E-state index contributed by atoms with van der Waals surface area (Å²) in [6.07, 6.45) is 15.6. The molecular weight excluding hydrogens is 1410 g/mol. The summed E-state index contributed by atoms with van der Waals surface area (Å²) in [5.74, 6) is 1.86. The van der Waals surface area contributed by atoms with Crippen LogP contribution in [0.4, 0.5) is 47.7 Å². The summed E-state index contributed by atoms with van der Waals surface area (Å²) in [5.41, 5.74) is 20.2. The lowest BCUT2D eigenvalue weighted by Gasteiger charge is -2.31. The Morgan fingerprint density at radius 2 is 0.802 bits per heavy atom. The number of carbonyl (C=O) groups is 3. The predicted octanol–water partition coefficient (Wildman–Crippen LogP) is 12.9. The van der Waals surface area contributed by atoms with Gasteiger partial charge in [-0.3, -0.25) is 37.4 Å². The van der Waals surface area contributed by atoms with E-state index < -0.39 is 0 Å². The molecule has 3 atom stereocenters. The van der Waals surface area contributed by atoms with Crippen LogP contribution in [-0.2, 0) is 53.5 Å². The molecule has 0 saturated carbocycles. The lowest BCUT2D eigenvalue weighted by atomic mass is 9.96. The Labute approximate surface area is 637 Å². The second kappa shape index (κ2) is 30.4. The second-order valence-electron chi connectivity index (χ2n) is 29.6. The van der Waals surface area contributed by atoms with Crippen molar-refractivity contribution >= 4 is 69.2 Å². The Balaban J connectivity index is 0.000000117. The molecule has 5 saturated heterocycles. The number of halogens is 3. The SMILES string of the molecule is CCN(C)Cc1nc(Nc2ccc(-c3cnc4cc(F)ccn34)c3c2C(=O)NC3)ccc1[C@H]1CCOC1.O=C1NCc2c(-c3cnc4cc(F)ccn34)ccc(Nc3ccc([C@@H]4CCOC4)c(CN4CCC4)n3)c21.O=C1NCc2c(-c3cnc4cc(F)ccn34)ccc(Nc3ccc([C@H]4CCOC4)c(CN4CCC4)n3)c21. The molecule has 9 aromatic heterocycles. The number of nitrogens with one attached hydrogen (secondary N) is 6. The Morgan fingerprint density at radius 3 is 1.12 bits per heavy atom. The van der Waals surface area contributed by atoms with Crippen LogP contribution in [0.2, 0.25) is 0 Å². The Bertz CT molecular complexity index is 5090. The van der Waals surface area contributed by atoms with Gasteiger partial charge in [0.15, 0.2) is 0 Å². The lowest BCUT2D eigenvalue weighted by molar-refractivity contribution is 0.0958. The first-order valence-corrected chi connectivity index (χ1v) is 38.2. The first-order chi connectivity index (χ1) is 54.3. The van der Waals surface area contributed by atoms with Crippen LogP contribution < -0.4 is 31.9 Å². The number of pyridine rings is 6. The molecular formula is C84H83F3N18O6. The van der Waals surface area contributed by atoms with Gasteiger partial charge in [0.05, 0.1) is 106 Å². The number of likely N-dealkylation sites (tertiary alicyclic amines) is 2. The molecule has 566 valence electrons. The number of hydrogen-bond acceptors (Lipinski definition) is 18. The molecule has 8 aliphatic heterocycles. The number of aromatic nitrogens is 9. The van der Waals surface area contributed by atoms with Crippen molar-refractivity contribution in [1.29, 1.82) is 0 Å². The van der Waals surface area contributed by atoms with E-state index >= 15 is 0 Å². The zero-order chi connectivity index (χ0) is 75.4. The van der Waals surface area contributed by atoms with E-state index in [4.69, 9.17) is 29.2 Å². The van der Waals surface area contributed by atoms with Gasteiger partial charge in [0, 0.05) is 130 Å². The van der Waals surface area contributed by atoms with Gasteiger partial charge < -0.3 is 51.0 Å². The maximum absolute atomic E-state index is 13.7. The van der Waals surface area contributed by atoms with E-state index in [1.54, 1.807) is 37.2 Å². The molecule has 20 rings (SSSR count). The van der Waals surface area contributed by atoms with Crippen LogP contribution in [0.25, 0.3) is 50.7 Å². The van der Waals surface area contributed by atoms with Crippen LogP contribution in [0.1, 0.15) is 138 Å². The van der Waals surface area contributed by atoms with E-state index in [9.17, 15) is 27.6 Å². The number of amides is 3. The van der Waals surface area contributed by atoms with Gasteiger partial charge >= 0.3 is 0 Å². The highest BCUT2D eigenvalue weighted by molar-refractivity contribution is 6.08. The summed E-state index contributed by atoms with van der Waals surface area (Å²) < 4.78 is 63.5. The number of anilines is 6. The second-order valence-corrected chi connectivity index (χ2v) is 29.6. The zero-order valence-electron chi connectivity index (χ0n) is 61.6. The number of benzene rings is 3. The van der Waals surface area contributed by atoms with Crippen LogP contribution in [0.15, 0.2) is 146 Å². The molecule has 3 amide bonds. The average molecular weight is 1500 g/mol. The summed E-state index contributed by atoms with van der Waals surface area (Å²) >= 11 is 0. The summed E-state index contributed by atoms with van der Waals surface area (Å²) in [6, 6.07) is 32.5. The summed E-state index contributed by atoms with van der Waals surface area (Å²) in [6.45, 7) is 15.7. The van der Waals surface area contributed by atoms with Crippen molar-refractivity contribution in [2.45, 2.75) is 96.1 Å². The number of rotatable bonds is 19. The van der Waals surface area contributed by atoms with E-state index in [0.29, 0.717) is 93.9 Å². The van der Waals surface area contributed by atoms with E-state index in [0.717, 1.165) is 190 Å². The molecule has 5 fully saturated rings. The standard InChI is InChI=1S/2C28H27FN6O2.C28H29FN6O2/c2*29-18-6-10-35-24(14-30-26(35)12-18)20-2-4-22(27-21(20)13-31-28(27)36)32-25-5-3-19(17-7-11-37-16-17)23(33-25)15-34-8-1-9-34;1-3-34(2)15-23-19(17-9-11-37-16-17)5-7-25(33-23)32-22-6-4-20(21-13-31-28(36)27(21)22)24-14-30-26-12-18(29)8-10-35(24)26/h2*2-6,10,12,14,17H,1,7-9,11,13,15-16H2,(H,31,36)(H,32,33);4-8,10,12,14,17H,3,9,11,13,15-16H2,1-2H3,(H,31,36)(H,32,33)/t3*17-/m100/s1. The molecule has 111 heavy (non-hydrogen) atoms. The van der Waals surface area contributed by atoms with Gasteiger partial charge in [-0.05, 0) is 160 Å². The Morgan fingerprint density at radius 1 is 0.459 bits per heavy atom. The molecule has 0 bridgehead atoms. The van der Waals surface area contributed by atoms with E-state index in [1.807, 2.05) is 67.8 Å². The molecule has 0 aliphatic carbocycles. The van der Waals surface area contributed by atoms with Crippen molar-refractivity contribution in [3.8, 4) is 33.8 Å². The molecule has 6 N–H and O–H groups in total. The first-order valence-electron chi connectivity index (χ1n) is 38.2. The van der Waals surface area contributed by atoms with Crippen LogP contribution in [0, 0.1) is 17.5 Å². The normalized spacial score (nSPS) is 18.4. The average Bonchev–Trinajstić information content (AvgIpc) is 1.63. The molecule has 0 unspecified atom stereocenters. The van der Waals surface area contributed by atoms with Gasteiger partial charge in [-0.1, -0.05) is 43.3 Å². The number of hydrogen-bond donors (Lipinski definition) is 6. The number of fused-ring (bicyclic) bond motifs is 6. The number of nitrogens with zero attached hydrogens (tertiary/aromatic N) is 12. The zero-order valence-corrected chi connectivity index (χ0v) is 61.6. The predicted molar refractivity (Wildman–Crippen MR) is 414 cm³/mol. The Hall–Kier alpha value is -11.5. The minimum absolute atomic E-state index is 0.125. The first kappa shape index (κ1) is 71.2. The highest BCUT2D eigenvalue weighted by atomic mass is 19.1. The molecule has 27 heteroatoms. The summed E-state index contributed by atoms with van der Waals surface area (Å²) in [7, 11) is 2.08. The molecule has 24 nitrogen and oxygen atoms in total. The Kier molecular flexibility index (Phi) is 19.5. The van der Waals surface area contributed by atoms with Crippen LogP contribution in [-0.4, -0.2) is 155 Å². The smallest absolute Gasteiger partial charge is 0.254 e. The van der Waals surface area contributed by atoms with Gasteiger partial charge in [0.1, 0.15) is 51.8 Å². The molecule has 0 spiro atoms. The lowest BCUT2D eigenvalue weighted by Crippen LogP contribution is -2.37. The minimum atomic E-state index is -0.338. The van der Waals surface area contributed by atoms with E-state index in [-0.39, 0.29) is 35.2 Å². The van der Waals surface area contributed by atoms with Gasteiger partial charge in [-0.15, -0.1) is 0 Å². The fourth-order valence-corrected chi connectivity index (χ4v) is 16.4. The molecule has 3 aromatic carbocycles. The van der Waals surface area contributed by atoms with Crippen LogP contribution in [0.3, 0.4) is 0 Å². The van der Waals surface area contributed by atoms with Gasteiger partial charge in [0.25, 0.3) is 17.7 Å². The topological polar surface area (TPSA) is 251 Å². The van der Waals surface area contributed by atoms with Crippen molar-refractivity contribution < 1.29 is 41.8 Å². The van der Waals surface area contributed by atoms with Gasteiger partial charge in [0.2, 0.25) is 0 Å². The third-order valence-corrected chi connectivity index (χ3v) is 22.7. The fourth-order valence-electron chi connectivity index (χ4n) is 16.4. The van der Waals surface area contributed by atoms with Crippen molar-refractivity contribution in [1.82, 2.24) is 73.8 Å². The minimum Gasteiger partial charge on any atom is -0.381 e. The maximum atomic E-state index is 13.7. The summed E-state index contributed by atoms with van der Waals surface area (Å²) in [4.78, 5) is 73.9. The van der Waals surface area contributed by atoms with Gasteiger partial charge in [-0.2, -0.15) is 0 Å². The monoisotopic (exact) mass is 1500 g/mol. The highest BCUT2D eigenvalue weighted by Gasteiger charge is 2.34. The third kappa shape index (κ3) is 14.2. The molecule has 12 aromatic rings. The van der Waals surface area contributed by atoms with Gasteiger partial charge in [-0.25, -0.2) is 43.1 Å². The largest absolute Gasteiger partial charge is 0.381 e. The fraction of sp³-hybridized carbons (Fsp3) is 0.321. The number of imidazole rings is 3. The highest BCUT2D eigenvalue weighted by Crippen LogP contribution is 2.42. The van der Waals surface area contributed by atoms with Crippen molar-refractivity contribution in [2.75, 3.05) is 95.4 Å². The van der Waals surface area contributed by atoms with Crippen LogP contribution in [0.5, 0.6) is 0 Å². The molecule has 0 radical (unpaired) electrons. The maximum Gasteiger partial charge on any atom is 0.254 e. The van der Waals surface area contributed by atoms with Crippen LogP contribution >= 0.6 is 0 Å². The van der Waals surface area contributed by atoms with Crippen molar-refractivity contribution in [2.24, 2.45) is 0 Å². The quantitative estimate of drug-likeness (QED) is 0.0440. The summed E-state index contributed by atoms with van der Waals surface area (Å²) in [5, 5.41) is 19.1. The van der Waals surface area contributed by atoms with Crippen molar-refractivity contribution in [3.63, 3.8) is 0 Å². The number of ether oxygens (including phenoxy) is 3. The molecule has 8 aliphatic rings. The van der Waals surface area contributed by atoms with E-state index in [1.165, 1.54) is 65.9 Å². The number of carbonyl (C=O) groups excluding carboxylic acids is 3. The van der Waals surface area contributed by atoms with Crippen molar-refractivity contribution in [3.05, 3.63) is 231 Å².